The van der Waals surface area contributed by atoms with E-state index >= 15 is 0 Å². The molecule has 2 amide bonds. The van der Waals surface area contributed by atoms with Crippen LogP contribution in [0.4, 0.5) is 11.4 Å². The third kappa shape index (κ3) is 4.71. The third-order valence-electron chi connectivity index (χ3n) is 4.15. The van der Waals surface area contributed by atoms with Gasteiger partial charge in [0.25, 0.3) is 0 Å². The molecule has 6 nitrogen and oxygen atoms in total. The lowest BCUT2D eigenvalue weighted by molar-refractivity contribution is -0.135. The van der Waals surface area contributed by atoms with Gasteiger partial charge >= 0.3 is 0 Å². The van der Waals surface area contributed by atoms with Gasteiger partial charge in [-0.1, -0.05) is 17.7 Å². The number of hydrogen-bond acceptors (Lipinski definition) is 4. The van der Waals surface area contributed by atoms with Gasteiger partial charge in [0.05, 0.1) is 24.9 Å². The van der Waals surface area contributed by atoms with E-state index in [9.17, 15) is 9.59 Å². The SMILES string of the molecule is COc1ccc(NC(=O)C(C)(C)C(=O)Nc2cc(C)ccc2OC)cc1Cl. The highest BCUT2D eigenvalue weighted by Crippen LogP contribution is 2.30. The Morgan fingerprint density at radius 1 is 0.926 bits per heavy atom. The Hall–Kier alpha value is -2.73. The van der Waals surface area contributed by atoms with Crippen molar-refractivity contribution in [3.63, 3.8) is 0 Å². The second kappa shape index (κ2) is 8.31. The van der Waals surface area contributed by atoms with Crippen molar-refractivity contribution in [2.45, 2.75) is 20.8 Å². The molecule has 0 aromatic heterocycles. The minimum absolute atomic E-state index is 0.363. The number of benzene rings is 2. The molecule has 2 aromatic carbocycles. The van der Waals surface area contributed by atoms with Crippen molar-refractivity contribution >= 4 is 34.8 Å². The topological polar surface area (TPSA) is 76.7 Å². The number of aryl methyl sites for hydroxylation is 1. The second-order valence-corrected chi connectivity index (χ2v) is 6.99. The Morgan fingerprint density at radius 2 is 1.52 bits per heavy atom. The van der Waals surface area contributed by atoms with E-state index in [1.54, 1.807) is 44.2 Å². The summed E-state index contributed by atoms with van der Waals surface area (Å²) in [6.07, 6.45) is 0. The summed E-state index contributed by atoms with van der Waals surface area (Å²) >= 11 is 6.08. The number of amides is 2. The highest BCUT2D eigenvalue weighted by Gasteiger charge is 2.36. The van der Waals surface area contributed by atoms with Gasteiger partial charge in [0.1, 0.15) is 16.9 Å². The molecule has 0 aliphatic carbocycles. The van der Waals surface area contributed by atoms with Crippen molar-refractivity contribution in [3.8, 4) is 11.5 Å². The summed E-state index contributed by atoms with van der Waals surface area (Å²) in [4.78, 5) is 25.4. The van der Waals surface area contributed by atoms with Crippen LogP contribution in [0.1, 0.15) is 19.4 Å². The summed E-state index contributed by atoms with van der Waals surface area (Å²) in [5.74, 6) is 0.0988. The normalized spacial score (nSPS) is 10.9. The molecule has 7 heteroatoms. The number of rotatable bonds is 6. The zero-order chi connectivity index (χ0) is 20.2. The van der Waals surface area contributed by atoms with Gasteiger partial charge in [0, 0.05) is 5.69 Å². The van der Waals surface area contributed by atoms with Crippen LogP contribution in [0.25, 0.3) is 0 Å². The Labute approximate surface area is 163 Å². The summed E-state index contributed by atoms with van der Waals surface area (Å²) in [6, 6.07) is 10.3. The fourth-order valence-electron chi connectivity index (χ4n) is 2.33. The van der Waals surface area contributed by atoms with Crippen LogP contribution in [0.3, 0.4) is 0 Å². The summed E-state index contributed by atoms with van der Waals surface area (Å²) in [5.41, 5.74) is 0.609. The Bertz CT molecular complexity index is 865. The van der Waals surface area contributed by atoms with Crippen molar-refractivity contribution in [1.82, 2.24) is 0 Å². The van der Waals surface area contributed by atoms with Gasteiger partial charge in [-0.15, -0.1) is 0 Å². The molecule has 2 aromatic rings. The Morgan fingerprint density at radius 3 is 2.11 bits per heavy atom. The summed E-state index contributed by atoms with van der Waals surface area (Å²) in [6.45, 7) is 5.00. The van der Waals surface area contributed by atoms with E-state index in [1.807, 2.05) is 13.0 Å². The second-order valence-electron chi connectivity index (χ2n) is 6.59. The van der Waals surface area contributed by atoms with Crippen molar-refractivity contribution in [2.24, 2.45) is 5.41 Å². The van der Waals surface area contributed by atoms with Crippen LogP contribution in [0.5, 0.6) is 11.5 Å². The molecule has 2 N–H and O–H groups in total. The number of nitrogens with one attached hydrogen (secondary N) is 2. The van der Waals surface area contributed by atoms with Gasteiger partial charge in [-0.25, -0.2) is 0 Å². The molecule has 0 atom stereocenters. The number of hydrogen-bond donors (Lipinski definition) is 2. The van der Waals surface area contributed by atoms with E-state index in [0.29, 0.717) is 27.9 Å². The first-order valence-corrected chi connectivity index (χ1v) is 8.68. The van der Waals surface area contributed by atoms with E-state index in [1.165, 1.54) is 14.2 Å². The number of halogens is 1. The van der Waals surface area contributed by atoms with Gasteiger partial charge in [0.15, 0.2) is 0 Å². The predicted octanol–water partition coefficient (Wildman–Crippen LogP) is 4.27. The zero-order valence-corrected chi connectivity index (χ0v) is 16.7. The Kier molecular flexibility index (Phi) is 6.33. The highest BCUT2D eigenvalue weighted by molar-refractivity contribution is 6.32. The van der Waals surface area contributed by atoms with Gasteiger partial charge in [-0.3, -0.25) is 9.59 Å². The molecule has 0 spiro atoms. The van der Waals surface area contributed by atoms with Crippen LogP contribution >= 0.6 is 11.6 Å². The highest BCUT2D eigenvalue weighted by atomic mass is 35.5. The first-order chi connectivity index (χ1) is 12.7. The average Bonchev–Trinajstić information content (AvgIpc) is 2.62. The van der Waals surface area contributed by atoms with Crippen molar-refractivity contribution in [3.05, 3.63) is 47.0 Å². The van der Waals surface area contributed by atoms with Crippen LogP contribution in [-0.2, 0) is 9.59 Å². The first kappa shape index (κ1) is 20.6. The molecule has 144 valence electrons. The predicted molar refractivity (Wildman–Crippen MR) is 107 cm³/mol. The van der Waals surface area contributed by atoms with Gasteiger partial charge in [-0.2, -0.15) is 0 Å². The van der Waals surface area contributed by atoms with Crippen LogP contribution in [0, 0.1) is 12.3 Å². The molecular formula is C20H23ClN2O4. The minimum Gasteiger partial charge on any atom is -0.495 e. The molecule has 27 heavy (non-hydrogen) atoms. The molecule has 0 saturated heterocycles. The molecule has 0 aliphatic rings. The molecule has 0 unspecified atom stereocenters. The lowest BCUT2D eigenvalue weighted by Crippen LogP contribution is -2.41. The maximum atomic E-state index is 12.7. The average molecular weight is 391 g/mol. The summed E-state index contributed by atoms with van der Waals surface area (Å²) in [7, 11) is 3.03. The van der Waals surface area contributed by atoms with Crippen LogP contribution in [0.2, 0.25) is 5.02 Å². The summed E-state index contributed by atoms with van der Waals surface area (Å²) in [5, 5.41) is 5.84. The van der Waals surface area contributed by atoms with Crippen LogP contribution < -0.4 is 20.1 Å². The number of ether oxygens (including phenoxy) is 2. The van der Waals surface area contributed by atoms with Gasteiger partial charge in [-0.05, 0) is 56.7 Å². The molecule has 0 heterocycles. The first-order valence-electron chi connectivity index (χ1n) is 8.30. The van der Waals surface area contributed by atoms with Gasteiger partial charge < -0.3 is 20.1 Å². The van der Waals surface area contributed by atoms with Crippen molar-refractivity contribution in [1.29, 1.82) is 0 Å². The lowest BCUT2D eigenvalue weighted by atomic mass is 9.90. The molecule has 0 fully saturated rings. The van der Waals surface area contributed by atoms with E-state index in [-0.39, 0.29) is 0 Å². The van der Waals surface area contributed by atoms with E-state index in [0.717, 1.165) is 5.56 Å². The quantitative estimate of drug-likeness (QED) is 0.722. The van der Waals surface area contributed by atoms with E-state index in [2.05, 4.69) is 10.6 Å². The van der Waals surface area contributed by atoms with E-state index in [4.69, 9.17) is 21.1 Å². The monoisotopic (exact) mass is 390 g/mol. The molecule has 2 rings (SSSR count). The number of anilines is 2. The molecule has 0 aliphatic heterocycles. The maximum absolute atomic E-state index is 12.7. The third-order valence-corrected chi connectivity index (χ3v) is 4.44. The molecule has 0 bridgehead atoms. The fraction of sp³-hybridized carbons (Fsp3) is 0.300. The van der Waals surface area contributed by atoms with Crippen LogP contribution in [0.15, 0.2) is 36.4 Å². The number of carbonyl (C=O) groups is 2. The summed E-state index contributed by atoms with van der Waals surface area (Å²) < 4.78 is 10.4. The maximum Gasteiger partial charge on any atom is 0.239 e. The minimum atomic E-state index is -1.33. The number of methoxy groups -OCH3 is 2. The van der Waals surface area contributed by atoms with E-state index < -0.39 is 17.2 Å². The lowest BCUT2D eigenvalue weighted by Gasteiger charge is -2.23. The largest absolute Gasteiger partial charge is 0.495 e. The zero-order valence-electron chi connectivity index (χ0n) is 16.0. The molecule has 0 saturated carbocycles. The van der Waals surface area contributed by atoms with Crippen molar-refractivity contribution in [2.75, 3.05) is 24.9 Å². The smallest absolute Gasteiger partial charge is 0.239 e. The number of carbonyl (C=O) groups excluding carboxylic acids is 2. The molecular weight excluding hydrogens is 368 g/mol. The standard InChI is InChI=1S/C20H23ClN2O4/c1-12-6-8-17(27-5)15(10-12)23-19(25)20(2,3)18(24)22-13-7-9-16(26-4)14(21)11-13/h6-11H,1-5H3,(H,22,24)(H,23,25). The van der Waals surface area contributed by atoms with Gasteiger partial charge in [0.2, 0.25) is 11.8 Å². The van der Waals surface area contributed by atoms with Crippen LogP contribution in [-0.4, -0.2) is 26.0 Å². The fourth-order valence-corrected chi connectivity index (χ4v) is 2.59. The Balaban J connectivity index is 2.16. The van der Waals surface area contributed by atoms with Crippen molar-refractivity contribution < 1.29 is 19.1 Å². The molecule has 0 radical (unpaired) electrons.